The van der Waals surface area contributed by atoms with Crippen LogP contribution in [0.25, 0.3) is 22.5 Å². The zero-order valence-electron chi connectivity index (χ0n) is 24.3. The second kappa shape index (κ2) is 13.4. The smallest absolute Gasteiger partial charge is 0.339 e. The molecule has 4 N–H and O–H groups in total. The lowest BCUT2D eigenvalue weighted by Crippen LogP contribution is -2.19. The normalized spacial score (nSPS) is 10.8. The Kier molecular flexibility index (Phi) is 9.16. The molecule has 44 heavy (non-hydrogen) atoms. The third-order valence-corrected chi connectivity index (χ3v) is 7.82. The molecular weight excluding hydrogens is 599 g/mol. The van der Waals surface area contributed by atoms with Crippen LogP contribution in [0.2, 0.25) is 0 Å². The molecule has 0 aliphatic heterocycles. The van der Waals surface area contributed by atoms with Crippen molar-refractivity contribution in [3.8, 4) is 22.5 Å². The fraction of sp³-hybridized carbons (Fsp3) is 0.172. The lowest BCUT2D eigenvalue weighted by Gasteiger charge is -2.01. The van der Waals surface area contributed by atoms with Crippen LogP contribution in [0.15, 0.2) is 73.6 Å². The van der Waals surface area contributed by atoms with Gasteiger partial charge in [-0.05, 0) is 38.1 Å². The number of aromatic nitrogens is 8. The molecule has 0 unspecified atom stereocenters. The Hall–Kier alpha value is -5.28. The second-order valence-corrected chi connectivity index (χ2v) is 12.1. The predicted octanol–water partition coefficient (Wildman–Crippen LogP) is 6.13. The number of rotatable bonds is 7. The van der Waals surface area contributed by atoms with Gasteiger partial charge in [-0.3, -0.25) is 4.79 Å². The SMILES string of the molecule is Cc1sc(Nc2ccccn2)nc1-c1cnn(C(=O)C(C)C)c1.Cc1sc(Nc2ccccn2)nc1-c1cnn(C(N)=O)c1. The molecule has 224 valence electrons. The van der Waals surface area contributed by atoms with Crippen LogP contribution in [0.1, 0.15) is 28.4 Å². The molecule has 1 amide bonds. The quantitative estimate of drug-likeness (QED) is 0.187. The zero-order chi connectivity index (χ0) is 31.2. The fourth-order valence-electron chi connectivity index (χ4n) is 3.92. The largest absolute Gasteiger partial charge is 0.350 e. The minimum Gasteiger partial charge on any atom is -0.350 e. The summed E-state index contributed by atoms with van der Waals surface area (Å²) in [4.78, 5) is 42.6. The number of aryl methyl sites for hydroxylation is 2. The van der Waals surface area contributed by atoms with Crippen LogP contribution in [-0.4, -0.2) is 51.4 Å². The van der Waals surface area contributed by atoms with E-state index in [0.717, 1.165) is 58.8 Å². The van der Waals surface area contributed by atoms with Gasteiger partial charge in [0, 0.05) is 51.6 Å². The second-order valence-electron chi connectivity index (χ2n) is 9.71. The summed E-state index contributed by atoms with van der Waals surface area (Å²) >= 11 is 3.05. The van der Waals surface area contributed by atoms with E-state index in [1.165, 1.54) is 16.0 Å². The highest BCUT2D eigenvalue weighted by Crippen LogP contribution is 2.32. The van der Waals surface area contributed by atoms with Gasteiger partial charge in [0.2, 0.25) is 5.91 Å². The third kappa shape index (κ3) is 7.19. The molecule has 0 spiro atoms. The lowest BCUT2D eigenvalue weighted by atomic mass is 10.2. The minimum atomic E-state index is -0.624. The summed E-state index contributed by atoms with van der Waals surface area (Å²) in [5, 5.41) is 15.9. The summed E-state index contributed by atoms with van der Waals surface area (Å²) < 4.78 is 2.46. The average molecular weight is 628 g/mol. The highest BCUT2D eigenvalue weighted by atomic mass is 32.1. The average Bonchev–Trinajstić information content (AvgIpc) is 3.81. The van der Waals surface area contributed by atoms with E-state index in [-0.39, 0.29) is 11.8 Å². The number of nitrogens with zero attached hydrogens (tertiary/aromatic N) is 8. The van der Waals surface area contributed by atoms with Gasteiger partial charge in [0.15, 0.2) is 10.3 Å². The van der Waals surface area contributed by atoms with E-state index in [4.69, 9.17) is 5.73 Å². The van der Waals surface area contributed by atoms with Crippen molar-refractivity contribution in [2.45, 2.75) is 27.7 Å². The van der Waals surface area contributed by atoms with Gasteiger partial charge in [-0.1, -0.05) is 26.0 Å². The number of nitrogens with two attached hydrogens (primary N) is 1. The van der Waals surface area contributed by atoms with Gasteiger partial charge < -0.3 is 16.4 Å². The molecule has 13 nitrogen and oxygen atoms in total. The van der Waals surface area contributed by atoms with Crippen molar-refractivity contribution in [2.75, 3.05) is 10.6 Å². The Morgan fingerprint density at radius 3 is 1.66 bits per heavy atom. The van der Waals surface area contributed by atoms with Crippen molar-refractivity contribution < 1.29 is 9.59 Å². The molecule has 0 aromatic carbocycles. The zero-order valence-corrected chi connectivity index (χ0v) is 25.9. The van der Waals surface area contributed by atoms with Crippen LogP contribution >= 0.6 is 22.7 Å². The number of amides is 1. The van der Waals surface area contributed by atoms with E-state index in [1.54, 1.807) is 48.5 Å². The summed E-state index contributed by atoms with van der Waals surface area (Å²) in [6.45, 7) is 7.66. The third-order valence-electron chi connectivity index (χ3n) is 6.05. The number of hydrogen-bond donors (Lipinski definition) is 3. The summed E-state index contributed by atoms with van der Waals surface area (Å²) in [7, 11) is 0. The Bertz CT molecular complexity index is 1880. The Morgan fingerprint density at radius 2 is 1.25 bits per heavy atom. The highest BCUT2D eigenvalue weighted by molar-refractivity contribution is 7.16. The molecule has 6 heterocycles. The number of nitrogens with one attached hydrogen (secondary N) is 2. The van der Waals surface area contributed by atoms with E-state index in [9.17, 15) is 9.59 Å². The molecule has 0 saturated carbocycles. The van der Waals surface area contributed by atoms with Crippen LogP contribution in [-0.2, 0) is 0 Å². The maximum absolute atomic E-state index is 12.0. The molecule has 0 bridgehead atoms. The van der Waals surface area contributed by atoms with E-state index in [1.807, 2.05) is 64.1 Å². The number of pyridine rings is 2. The molecule has 6 aromatic heterocycles. The number of carbonyl (C=O) groups excluding carboxylic acids is 2. The van der Waals surface area contributed by atoms with Gasteiger partial charge in [0.1, 0.15) is 11.6 Å². The summed E-state index contributed by atoms with van der Waals surface area (Å²) in [6.07, 6.45) is 9.97. The predicted molar refractivity (Wildman–Crippen MR) is 172 cm³/mol. The first-order valence-electron chi connectivity index (χ1n) is 13.4. The van der Waals surface area contributed by atoms with E-state index in [2.05, 4.69) is 40.8 Å². The number of primary amides is 1. The molecule has 0 saturated heterocycles. The lowest BCUT2D eigenvalue weighted by molar-refractivity contribution is 0.0838. The summed E-state index contributed by atoms with van der Waals surface area (Å²) in [5.74, 6) is 1.35. The first-order valence-corrected chi connectivity index (χ1v) is 15.1. The number of thiazole rings is 2. The van der Waals surface area contributed by atoms with Crippen molar-refractivity contribution >= 4 is 56.5 Å². The van der Waals surface area contributed by atoms with Gasteiger partial charge in [-0.25, -0.2) is 29.4 Å². The van der Waals surface area contributed by atoms with Crippen molar-refractivity contribution in [3.63, 3.8) is 0 Å². The van der Waals surface area contributed by atoms with Gasteiger partial charge in [0.25, 0.3) is 0 Å². The van der Waals surface area contributed by atoms with Gasteiger partial charge in [0.05, 0.1) is 23.8 Å². The molecule has 0 aliphatic carbocycles. The van der Waals surface area contributed by atoms with Crippen LogP contribution < -0.4 is 16.4 Å². The summed E-state index contributed by atoms with van der Waals surface area (Å²) in [5.41, 5.74) is 8.35. The van der Waals surface area contributed by atoms with Crippen molar-refractivity contribution in [1.29, 1.82) is 0 Å². The summed E-state index contributed by atoms with van der Waals surface area (Å²) in [6, 6.07) is 10.6. The Balaban J connectivity index is 0.000000175. The minimum absolute atomic E-state index is 0.0315. The van der Waals surface area contributed by atoms with Crippen molar-refractivity contribution in [1.82, 2.24) is 39.5 Å². The molecule has 15 heteroatoms. The molecule has 0 radical (unpaired) electrons. The first-order chi connectivity index (χ1) is 21.2. The van der Waals surface area contributed by atoms with Crippen molar-refractivity contribution in [2.24, 2.45) is 11.7 Å². The van der Waals surface area contributed by atoms with Crippen LogP contribution in [0.5, 0.6) is 0 Å². The topological polar surface area (TPSA) is 171 Å². The van der Waals surface area contributed by atoms with E-state index < -0.39 is 6.03 Å². The van der Waals surface area contributed by atoms with Gasteiger partial charge >= 0.3 is 6.03 Å². The highest BCUT2D eigenvalue weighted by Gasteiger charge is 2.16. The standard InChI is InChI=1S/C16H17N5OS.C13H12N6OS/c1-10(2)15(22)21-9-12(8-18-21)14-11(3)23-16(20-14)19-13-6-4-5-7-17-13;1-8-11(9-6-16-19(7-9)12(14)20)18-13(21-8)17-10-4-2-3-5-15-10/h4-10H,1-3H3,(H,17,19,20);2-7H,1H3,(H2,14,20)(H,15,17,18). The number of anilines is 4. The maximum atomic E-state index is 12.0. The van der Waals surface area contributed by atoms with E-state index in [0.29, 0.717) is 0 Å². The molecule has 0 aliphatic rings. The fourth-order valence-corrected chi connectivity index (χ4v) is 5.61. The Labute approximate surface area is 260 Å². The Morgan fingerprint density at radius 1 is 0.773 bits per heavy atom. The molecule has 0 fully saturated rings. The molecule has 6 aromatic rings. The van der Waals surface area contributed by atoms with Crippen LogP contribution in [0.3, 0.4) is 0 Å². The monoisotopic (exact) mass is 627 g/mol. The van der Waals surface area contributed by atoms with Crippen LogP contribution in [0.4, 0.5) is 26.7 Å². The maximum Gasteiger partial charge on any atom is 0.339 e. The number of hydrogen-bond acceptors (Lipinski definition) is 12. The van der Waals surface area contributed by atoms with Crippen LogP contribution in [0, 0.1) is 19.8 Å². The molecule has 6 rings (SSSR count). The van der Waals surface area contributed by atoms with Crippen molar-refractivity contribution in [3.05, 3.63) is 83.3 Å². The molecule has 0 atom stereocenters. The molecular formula is C29H29N11O2S2. The first kappa shape index (κ1) is 30.2. The van der Waals surface area contributed by atoms with Gasteiger partial charge in [-0.15, -0.1) is 22.7 Å². The number of carbonyl (C=O) groups is 2. The van der Waals surface area contributed by atoms with Gasteiger partial charge in [-0.2, -0.15) is 14.9 Å². The van der Waals surface area contributed by atoms with E-state index >= 15 is 0 Å².